The van der Waals surface area contributed by atoms with E-state index in [1.807, 2.05) is 54.6 Å². The zero-order valence-corrected chi connectivity index (χ0v) is 9.97. The number of rotatable bonds is 3. The summed E-state index contributed by atoms with van der Waals surface area (Å²) in [4.78, 5) is 0. The Kier molecular flexibility index (Phi) is 2.53. The van der Waals surface area contributed by atoms with Crippen molar-refractivity contribution in [1.82, 2.24) is 0 Å². The van der Waals surface area contributed by atoms with E-state index in [2.05, 4.69) is 6.07 Å². The van der Waals surface area contributed by atoms with Crippen LogP contribution >= 0.6 is 0 Å². The van der Waals surface area contributed by atoms with Gasteiger partial charge in [0.05, 0.1) is 11.5 Å². The van der Waals surface area contributed by atoms with Gasteiger partial charge in [-0.1, -0.05) is 30.3 Å². The molecule has 0 amide bonds. The van der Waals surface area contributed by atoms with Crippen LogP contribution in [-0.2, 0) is 5.41 Å². The summed E-state index contributed by atoms with van der Waals surface area (Å²) < 4.78 is 5.72. The van der Waals surface area contributed by atoms with Crippen molar-refractivity contribution in [3.8, 4) is 17.6 Å². The van der Waals surface area contributed by atoms with E-state index in [-0.39, 0.29) is 5.41 Å². The van der Waals surface area contributed by atoms with Gasteiger partial charge in [-0.15, -0.1) is 0 Å². The van der Waals surface area contributed by atoms with Crippen LogP contribution in [0.2, 0.25) is 0 Å². The molecule has 1 aliphatic carbocycles. The van der Waals surface area contributed by atoms with Crippen LogP contribution in [0.15, 0.2) is 54.6 Å². The van der Waals surface area contributed by atoms with E-state index in [9.17, 15) is 0 Å². The molecule has 0 bridgehead atoms. The van der Waals surface area contributed by atoms with Gasteiger partial charge in [-0.25, -0.2) is 0 Å². The van der Waals surface area contributed by atoms with Gasteiger partial charge in [-0.2, -0.15) is 5.26 Å². The van der Waals surface area contributed by atoms with E-state index in [0.717, 1.165) is 29.9 Å². The summed E-state index contributed by atoms with van der Waals surface area (Å²) in [6, 6.07) is 19.9. The molecule has 0 atom stereocenters. The molecule has 0 heterocycles. The molecule has 88 valence electrons. The smallest absolute Gasteiger partial charge is 0.127 e. The summed E-state index contributed by atoms with van der Waals surface area (Å²) in [6.07, 6.45) is 1.95. The van der Waals surface area contributed by atoms with Gasteiger partial charge in [0.15, 0.2) is 0 Å². The highest BCUT2D eigenvalue weighted by Crippen LogP contribution is 2.47. The van der Waals surface area contributed by atoms with E-state index in [4.69, 9.17) is 10.00 Å². The lowest BCUT2D eigenvalue weighted by atomic mass is 9.98. The minimum Gasteiger partial charge on any atom is -0.457 e. The molecule has 1 saturated carbocycles. The van der Waals surface area contributed by atoms with E-state index in [0.29, 0.717) is 0 Å². The van der Waals surface area contributed by atoms with Crippen LogP contribution in [0.25, 0.3) is 0 Å². The average Bonchev–Trinajstić information content (AvgIpc) is 3.22. The van der Waals surface area contributed by atoms with Crippen molar-refractivity contribution in [3.05, 3.63) is 60.2 Å². The van der Waals surface area contributed by atoms with Crippen LogP contribution in [0.5, 0.6) is 11.5 Å². The third-order valence-electron chi connectivity index (χ3n) is 3.35. The molecule has 3 rings (SSSR count). The van der Waals surface area contributed by atoms with Gasteiger partial charge in [-0.3, -0.25) is 0 Å². The highest BCUT2D eigenvalue weighted by atomic mass is 16.5. The Morgan fingerprint density at radius 2 is 1.50 bits per heavy atom. The normalized spacial score (nSPS) is 15.7. The summed E-state index contributed by atoms with van der Waals surface area (Å²) in [5.41, 5.74) is 0.885. The molecule has 0 radical (unpaired) electrons. The standard InChI is InChI=1S/C16H13NO/c17-12-16(10-11-16)13-6-8-15(9-7-13)18-14-4-2-1-3-5-14/h1-9H,10-11H2. The van der Waals surface area contributed by atoms with Gasteiger partial charge in [0.1, 0.15) is 11.5 Å². The first-order valence-corrected chi connectivity index (χ1v) is 6.07. The molecule has 2 nitrogen and oxygen atoms in total. The van der Waals surface area contributed by atoms with Crippen LogP contribution in [0, 0.1) is 11.3 Å². The predicted octanol–water partition coefficient (Wildman–Crippen LogP) is 4.03. The summed E-state index contributed by atoms with van der Waals surface area (Å²) in [6.45, 7) is 0. The highest BCUT2D eigenvalue weighted by Gasteiger charge is 2.44. The Morgan fingerprint density at radius 1 is 0.889 bits per heavy atom. The van der Waals surface area contributed by atoms with Gasteiger partial charge >= 0.3 is 0 Å². The number of para-hydroxylation sites is 1. The molecule has 0 aliphatic heterocycles. The van der Waals surface area contributed by atoms with Gasteiger partial charge in [0, 0.05) is 0 Å². The molecule has 2 aromatic rings. The molecule has 0 saturated heterocycles. The molecule has 18 heavy (non-hydrogen) atoms. The lowest BCUT2D eigenvalue weighted by Crippen LogP contribution is -2.01. The second-order valence-electron chi connectivity index (χ2n) is 4.63. The molecule has 0 spiro atoms. The summed E-state index contributed by atoms with van der Waals surface area (Å²) >= 11 is 0. The Hall–Kier alpha value is -2.27. The third-order valence-corrected chi connectivity index (χ3v) is 3.35. The van der Waals surface area contributed by atoms with Gasteiger partial charge in [-0.05, 0) is 42.7 Å². The van der Waals surface area contributed by atoms with Crippen molar-refractivity contribution in [3.63, 3.8) is 0 Å². The first-order chi connectivity index (χ1) is 8.82. The molecule has 2 heteroatoms. The fourth-order valence-electron chi connectivity index (χ4n) is 2.06. The Bertz CT molecular complexity index is 577. The summed E-state index contributed by atoms with van der Waals surface area (Å²) in [5.74, 6) is 1.63. The fraction of sp³-hybridized carbons (Fsp3) is 0.188. The van der Waals surface area contributed by atoms with Gasteiger partial charge < -0.3 is 4.74 Å². The fourth-order valence-corrected chi connectivity index (χ4v) is 2.06. The van der Waals surface area contributed by atoms with Gasteiger partial charge in [0.25, 0.3) is 0 Å². The molecule has 0 aromatic heterocycles. The van der Waals surface area contributed by atoms with Crippen LogP contribution in [-0.4, -0.2) is 0 Å². The van der Waals surface area contributed by atoms with Crippen LogP contribution in [0.4, 0.5) is 0 Å². The predicted molar refractivity (Wildman–Crippen MR) is 69.5 cm³/mol. The van der Waals surface area contributed by atoms with E-state index in [1.54, 1.807) is 0 Å². The number of hydrogen-bond donors (Lipinski definition) is 0. The molecule has 1 aliphatic rings. The molecular formula is C16H13NO. The number of nitriles is 1. The van der Waals surface area contributed by atoms with Crippen molar-refractivity contribution in [2.75, 3.05) is 0 Å². The maximum absolute atomic E-state index is 9.13. The number of hydrogen-bond acceptors (Lipinski definition) is 2. The van der Waals surface area contributed by atoms with E-state index in [1.165, 1.54) is 0 Å². The monoisotopic (exact) mass is 235 g/mol. The maximum atomic E-state index is 9.13. The quantitative estimate of drug-likeness (QED) is 0.804. The Balaban J connectivity index is 1.78. The third kappa shape index (κ3) is 1.96. The molecule has 1 fully saturated rings. The first kappa shape index (κ1) is 10.9. The lowest BCUT2D eigenvalue weighted by molar-refractivity contribution is 0.482. The average molecular weight is 235 g/mol. The topological polar surface area (TPSA) is 33.0 Å². The first-order valence-electron chi connectivity index (χ1n) is 6.07. The summed E-state index contributed by atoms with van der Waals surface area (Å²) in [5, 5.41) is 9.13. The van der Waals surface area contributed by atoms with Crippen molar-refractivity contribution < 1.29 is 4.74 Å². The molecule has 0 N–H and O–H groups in total. The zero-order valence-electron chi connectivity index (χ0n) is 9.97. The van der Waals surface area contributed by atoms with Crippen LogP contribution in [0.3, 0.4) is 0 Å². The highest BCUT2D eigenvalue weighted by molar-refractivity contribution is 5.42. The second-order valence-corrected chi connectivity index (χ2v) is 4.63. The van der Waals surface area contributed by atoms with E-state index >= 15 is 0 Å². The van der Waals surface area contributed by atoms with Crippen molar-refractivity contribution in [1.29, 1.82) is 5.26 Å². The molecule has 0 unspecified atom stereocenters. The second kappa shape index (κ2) is 4.19. The van der Waals surface area contributed by atoms with Crippen molar-refractivity contribution >= 4 is 0 Å². The summed E-state index contributed by atoms with van der Waals surface area (Å²) in [7, 11) is 0. The van der Waals surface area contributed by atoms with Crippen LogP contribution in [0.1, 0.15) is 18.4 Å². The van der Waals surface area contributed by atoms with Gasteiger partial charge in [0.2, 0.25) is 0 Å². The SMILES string of the molecule is N#CC1(c2ccc(Oc3ccccc3)cc2)CC1. The van der Waals surface area contributed by atoms with E-state index < -0.39 is 0 Å². The minimum absolute atomic E-state index is 0.217. The molecule has 2 aromatic carbocycles. The largest absolute Gasteiger partial charge is 0.457 e. The Morgan fingerprint density at radius 3 is 2.06 bits per heavy atom. The number of nitrogens with zero attached hydrogens (tertiary/aromatic N) is 1. The van der Waals surface area contributed by atoms with Crippen LogP contribution < -0.4 is 4.74 Å². The number of benzene rings is 2. The Labute approximate surface area is 106 Å². The van der Waals surface area contributed by atoms with Crippen molar-refractivity contribution in [2.24, 2.45) is 0 Å². The minimum atomic E-state index is -0.217. The molecular weight excluding hydrogens is 222 g/mol. The lowest BCUT2D eigenvalue weighted by Gasteiger charge is -2.08. The zero-order chi connectivity index (χ0) is 12.4. The van der Waals surface area contributed by atoms with Crippen molar-refractivity contribution in [2.45, 2.75) is 18.3 Å². The maximum Gasteiger partial charge on any atom is 0.127 e. The number of ether oxygens (including phenoxy) is 1.